The van der Waals surface area contributed by atoms with E-state index in [4.69, 9.17) is 4.74 Å². The Balaban J connectivity index is 1.60. The first-order valence-electron chi connectivity index (χ1n) is 8.09. The van der Waals surface area contributed by atoms with Gasteiger partial charge >= 0.3 is 6.18 Å². The SMILES string of the molecule is O=C(Cc1ccc(F)cc1)NCCn1nc(C(F)(F)F)c2c1CCOC2. The maximum Gasteiger partial charge on any atom is 0.435 e. The molecule has 0 radical (unpaired) electrons. The maximum absolute atomic E-state index is 13.1. The molecule has 1 aromatic carbocycles. The molecule has 2 heterocycles. The molecule has 0 fully saturated rings. The second kappa shape index (κ2) is 7.45. The van der Waals surface area contributed by atoms with Gasteiger partial charge in [-0.15, -0.1) is 0 Å². The highest BCUT2D eigenvalue weighted by molar-refractivity contribution is 5.78. The van der Waals surface area contributed by atoms with Crippen LogP contribution in [-0.2, 0) is 41.7 Å². The number of fused-ring (bicyclic) bond motifs is 1. The van der Waals surface area contributed by atoms with E-state index < -0.39 is 11.9 Å². The number of carbonyl (C=O) groups is 1. The van der Waals surface area contributed by atoms with E-state index in [-0.39, 0.29) is 43.4 Å². The highest BCUT2D eigenvalue weighted by Crippen LogP contribution is 2.34. The number of hydrogen-bond donors (Lipinski definition) is 1. The number of rotatable bonds is 5. The first-order chi connectivity index (χ1) is 12.3. The molecule has 0 saturated carbocycles. The molecule has 0 bridgehead atoms. The Morgan fingerprint density at radius 1 is 1.27 bits per heavy atom. The van der Waals surface area contributed by atoms with Gasteiger partial charge in [0.25, 0.3) is 0 Å². The van der Waals surface area contributed by atoms with Gasteiger partial charge in [0.1, 0.15) is 5.82 Å². The average Bonchev–Trinajstić information content (AvgIpc) is 2.96. The summed E-state index contributed by atoms with van der Waals surface area (Å²) in [6, 6.07) is 5.54. The summed E-state index contributed by atoms with van der Waals surface area (Å²) >= 11 is 0. The average molecular weight is 371 g/mol. The van der Waals surface area contributed by atoms with Crippen molar-refractivity contribution in [3.05, 3.63) is 52.6 Å². The Hall–Kier alpha value is -2.42. The van der Waals surface area contributed by atoms with Crippen molar-refractivity contribution in [2.45, 2.75) is 32.2 Å². The molecule has 1 aliphatic rings. The molecule has 0 spiro atoms. The molecule has 140 valence electrons. The van der Waals surface area contributed by atoms with Crippen LogP contribution >= 0.6 is 0 Å². The van der Waals surface area contributed by atoms with E-state index in [0.29, 0.717) is 24.3 Å². The number of benzene rings is 1. The van der Waals surface area contributed by atoms with E-state index in [0.717, 1.165) is 0 Å². The standard InChI is InChI=1S/C17H17F4N3O2/c18-12-3-1-11(2-4-12)9-15(25)22-6-7-24-14-5-8-26-10-13(14)16(23-24)17(19,20)21/h1-4H,5-10H2,(H,22,25). The molecule has 0 atom stereocenters. The van der Waals surface area contributed by atoms with Crippen molar-refractivity contribution in [2.75, 3.05) is 13.2 Å². The van der Waals surface area contributed by atoms with E-state index in [1.165, 1.54) is 28.9 Å². The van der Waals surface area contributed by atoms with Crippen molar-refractivity contribution in [3.63, 3.8) is 0 Å². The van der Waals surface area contributed by atoms with Crippen molar-refractivity contribution in [1.82, 2.24) is 15.1 Å². The molecule has 0 unspecified atom stereocenters. The van der Waals surface area contributed by atoms with Crippen molar-refractivity contribution < 1.29 is 27.1 Å². The monoisotopic (exact) mass is 371 g/mol. The van der Waals surface area contributed by atoms with E-state index in [9.17, 15) is 22.4 Å². The van der Waals surface area contributed by atoms with Crippen LogP contribution in [0.3, 0.4) is 0 Å². The number of halogens is 4. The lowest BCUT2D eigenvalue weighted by Gasteiger charge is -2.15. The topological polar surface area (TPSA) is 56.2 Å². The highest BCUT2D eigenvalue weighted by atomic mass is 19.4. The molecule has 1 amide bonds. The normalized spacial score (nSPS) is 14.2. The van der Waals surface area contributed by atoms with E-state index in [1.807, 2.05) is 0 Å². The number of nitrogens with one attached hydrogen (secondary N) is 1. The Bertz CT molecular complexity index is 785. The van der Waals surface area contributed by atoms with Gasteiger partial charge in [0.05, 0.1) is 26.2 Å². The summed E-state index contributed by atoms with van der Waals surface area (Å²) < 4.78 is 58.5. The molecular weight excluding hydrogens is 354 g/mol. The minimum Gasteiger partial charge on any atom is -0.376 e. The van der Waals surface area contributed by atoms with Crippen LogP contribution in [0.2, 0.25) is 0 Å². The fourth-order valence-corrected chi connectivity index (χ4v) is 2.87. The van der Waals surface area contributed by atoms with Crippen LogP contribution in [0.1, 0.15) is 22.5 Å². The van der Waals surface area contributed by atoms with Crippen LogP contribution in [-0.4, -0.2) is 28.8 Å². The third-order valence-corrected chi connectivity index (χ3v) is 4.09. The zero-order valence-corrected chi connectivity index (χ0v) is 13.8. The largest absolute Gasteiger partial charge is 0.435 e. The van der Waals surface area contributed by atoms with Gasteiger partial charge in [0.2, 0.25) is 5.91 Å². The van der Waals surface area contributed by atoms with Gasteiger partial charge in [-0.25, -0.2) is 4.39 Å². The summed E-state index contributed by atoms with van der Waals surface area (Å²) in [5, 5.41) is 6.32. The summed E-state index contributed by atoms with van der Waals surface area (Å²) in [7, 11) is 0. The smallest absolute Gasteiger partial charge is 0.376 e. The first-order valence-corrected chi connectivity index (χ1v) is 8.09. The molecule has 1 aromatic heterocycles. The van der Waals surface area contributed by atoms with Crippen LogP contribution in [0.15, 0.2) is 24.3 Å². The lowest BCUT2D eigenvalue weighted by atomic mass is 10.1. The Labute approximate surface area is 146 Å². The summed E-state index contributed by atoms with van der Waals surface area (Å²) in [6.45, 7) is 0.508. The maximum atomic E-state index is 13.1. The minimum atomic E-state index is -4.54. The molecule has 26 heavy (non-hydrogen) atoms. The lowest BCUT2D eigenvalue weighted by molar-refractivity contribution is -0.142. The number of ether oxygens (including phenoxy) is 1. The van der Waals surface area contributed by atoms with Crippen LogP contribution in [0.4, 0.5) is 17.6 Å². The van der Waals surface area contributed by atoms with Gasteiger partial charge in [-0.1, -0.05) is 12.1 Å². The quantitative estimate of drug-likeness (QED) is 0.822. The first kappa shape index (κ1) is 18.4. The zero-order valence-electron chi connectivity index (χ0n) is 13.8. The van der Waals surface area contributed by atoms with Crippen molar-refractivity contribution in [3.8, 4) is 0 Å². The number of nitrogens with zero attached hydrogens (tertiary/aromatic N) is 2. The van der Waals surface area contributed by atoms with Gasteiger partial charge < -0.3 is 10.1 Å². The van der Waals surface area contributed by atoms with E-state index in [1.54, 1.807) is 0 Å². The predicted molar refractivity (Wildman–Crippen MR) is 83.7 cm³/mol. The summed E-state index contributed by atoms with van der Waals surface area (Å²) in [6.07, 6.45) is -4.12. The summed E-state index contributed by atoms with van der Waals surface area (Å²) in [4.78, 5) is 11.9. The number of alkyl halides is 3. The summed E-state index contributed by atoms with van der Waals surface area (Å²) in [5.74, 6) is -0.681. The molecular formula is C17H17F4N3O2. The highest BCUT2D eigenvalue weighted by Gasteiger charge is 2.39. The number of aromatic nitrogens is 2. The fraction of sp³-hybridized carbons (Fsp3) is 0.412. The Morgan fingerprint density at radius 2 is 2.00 bits per heavy atom. The minimum absolute atomic E-state index is 0.0686. The Kier molecular flexibility index (Phi) is 5.26. The molecule has 5 nitrogen and oxygen atoms in total. The van der Waals surface area contributed by atoms with Crippen molar-refractivity contribution in [2.24, 2.45) is 0 Å². The molecule has 1 N–H and O–H groups in total. The van der Waals surface area contributed by atoms with Gasteiger partial charge in [-0.2, -0.15) is 18.3 Å². The lowest BCUT2D eigenvalue weighted by Crippen LogP contribution is -2.29. The van der Waals surface area contributed by atoms with Gasteiger partial charge in [-0.3, -0.25) is 9.48 Å². The second-order valence-corrected chi connectivity index (χ2v) is 5.95. The predicted octanol–water partition coefficient (Wildman–Crippen LogP) is 2.47. The van der Waals surface area contributed by atoms with E-state index in [2.05, 4.69) is 10.4 Å². The molecule has 9 heteroatoms. The second-order valence-electron chi connectivity index (χ2n) is 5.95. The van der Waals surface area contributed by atoms with Gasteiger partial charge in [-0.05, 0) is 17.7 Å². The number of hydrogen-bond acceptors (Lipinski definition) is 3. The molecule has 2 aromatic rings. The summed E-state index contributed by atoms with van der Waals surface area (Å²) in [5.41, 5.74) is 0.291. The van der Waals surface area contributed by atoms with Crippen molar-refractivity contribution in [1.29, 1.82) is 0 Å². The van der Waals surface area contributed by atoms with Gasteiger partial charge in [0, 0.05) is 24.2 Å². The fourth-order valence-electron chi connectivity index (χ4n) is 2.87. The van der Waals surface area contributed by atoms with Gasteiger partial charge in [0.15, 0.2) is 5.69 Å². The van der Waals surface area contributed by atoms with Crippen LogP contribution in [0, 0.1) is 5.82 Å². The Morgan fingerprint density at radius 3 is 2.69 bits per heavy atom. The third-order valence-electron chi connectivity index (χ3n) is 4.09. The number of carbonyl (C=O) groups excluding carboxylic acids is 1. The third kappa shape index (κ3) is 4.21. The molecule has 0 aliphatic carbocycles. The molecule has 0 saturated heterocycles. The van der Waals surface area contributed by atoms with Crippen LogP contribution < -0.4 is 5.32 Å². The molecule has 3 rings (SSSR count). The van der Waals surface area contributed by atoms with Crippen molar-refractivity contribution >= 4 is 5.91 Å². The molecule has 1 aliphatic heterocycles. The van der Waals surface area contributed by atoms with Crippen LogP contribution in [0.5, 0.6) is 0 Å². The van der Waals surface area contributed by atoms with Crippen LogP contribution in [0.25, 0.3) is 0 Å². The van der Waals surface area contributed by atoms with E-state index >= 15 is 0 Å². The number of amides is 1. The zero-order chi connectivity index (χ0) is 18.7.